The van der Waals surface area contributed by atoms with E-state index in [9.17, 15) is 9.59 Å². The highest BCUT2D eigenvalue weighted by Crippen LogP contribution is 2.31. The number of hydrogen-bond donors (Lipinski definition) is 1. The highest BCUT2D eigenvalue weighted by atomic mass is 35.5. The van der Waals surface area contributed by atoms with E-state index in [2.05, 4.69) is 5.32 Å². The van der Waals surface area contributed by atoms with Gasteiger partial charge in [0.1, 0.15) is 10.8 Å². The Balaban J connectivity index is 1.46. The highest BCUT2D eigenvalue weighted by molar-refractivity contribution is 6.42. The van der Waals surface area contributed by atoms with Gasteiger partial charge in [0, 0.05) is 31.9 Å². The van der Waals surface area contributed by atoms with Crippen molar-refractivity contribution in [2.45, 2.75) is 0 Å². The van der Waals surface area contributed by atoms with Crippen LogP contribution < -0.4 is 10.1 Å². The molecule has 1 heterocycles. The first kappa shape index (κ1) is 19.3. The van der Waals surface area contributed by atoms with E-state index < -0.39 is 0 Å². The Hall–Kier alpha value is -2.44. The first-order valence-corrected chi connectivity index (χ1v) is 9.26. The average Bonchev–Trinajstić information content (AvgIpc) is 2.70. The number of urea groups is 1. The van der Waals surface area contributed by atoms with Gasteiger partial charge in [0.2, 0.25) is 0 Å². The molecule has 1 fully saturated rings. The van der Waals surface area contributed by atoms with Gasteiger partial charge in [-0.25, -0.2) is 4.79 Å². The Morgan fingerprint density at radius 1 is 0.926 bits per heavy atom. The molecule has 3 amide bonds. The van der Waals surface area contributed by atoms with Gasteiger partial charge in [0.15, 0.2) is 6.61 Å². The maximum absolute atomic E-state index is 12.3. The molecule has 0 radical (unpaired) electrons. The zero-order valence-corrected chi connectivity index (χ0v) is 16.0. The Labute approximate surface area is 167 Å². The van der Waals surface area contributed by atoms with Crippen molar-refractivity contribution in [2.24, 2.45) is 0 Å². The predicted molar refractivity (Wildman–Crippen MR) is 106 cm³/mol. The number of rotatable bonds is 4. The maximum atomic E-state index is 12.3. The average molecular weight is 408 g/mol. The predicted octanol–water partition coefficient (Wildman–Crippen LogP) is 3.75. The number of halogens is 2. The van der Waals surface area contributed by atoms with E-state index in [-0.39, 0.29) is 23.6 Å². The van der Waals surface area contributed by atoms with Crippen LogP contribution in [0.15, 0.2) is 48.5 Å². The van der Waals surface area contributed by atoms with Crippen molar-refractivity contribution in [3.8, 4) is 5.75 Å². The number of nitrogens with zero attached hydrogens (tertiary/aromatic N) is 2. The van der Waals surface area contributed by atoms with Crippen molar-refractivity contribution in [3.63, 3.8) is 0 Å². The summed E-state index contributed by atoms with van der Waals surface area (Å²) in [5.74, 6) is 0.215. The smallest absolute Gasteiger partial charge is 0.321 e. The van der Waals surface area contributed by atoms with Gasteiger partial charge >= 0.3 is 6.03 Å². The molecule has 3 rings (SSSR count). The molecule has 1 N–H and O–H groups in total. The number of ether oxygens (including phenoxy) is 1. The summed E-state index contributed by atoms with van der Waals surface area (Å²) >= 11 is 12.0. The Morgan fingerprint density at radius 2 is 1.59 bits per heavy atom. The van der Waals surface area contributed by atoms with Crippen LogP contribution in [-0.4, -0.2) is 54.5 Å². The van der Waals surface area contributed by atoms with Crippen LogP contribution >= 0.6 is 23.2 Å². The lowest BCUT2D eigenvalue weighted by Crippen LogP contribution is -2.52. The van der Waals surface area contributed by atoms with Crippen molar-refractivity contribution < 1.29 is 14.3 Å². The Bertz CT molecular complexity index is 809. The minimum Gasteiger partial charge on any atom is -0.482 e. The van der Waals surface area contributed by atoms with Crippen LogP contribution in [0.2, 0.25) is 10.0 Å². The van der Waals surface area contributed by atoms with Gasteiger partial charge in [-0.2, -0.15) is 0 Å². The Morgan fingerprint density at radius 3 is 2.30 bits per heavy atom. The summed E-state index contributed by atoms with van der Waals surface area (Å²) in [6, 6.07) is 14.1. The zero-order chi connectivity index (χ0) is 19.2. The number of nitrogens with one attached hydrogen (secondary N) is 1. The molecular weight excluding hydrogens is 389 g/mol. The van der Waals surface area contributed by atoms with Crippen LogP contribution in [-0.2, 0) is 4.79 Å². The molecule has 0 bridgehead atoms. The molecule has 1 aliphatic rings. The van der Waals surface area contributed by atoms with E-state index in [1.807, 2.05) is 30.3 Å². The molecule has 0 aromatic heterocycles. The standard InChI is InChI=1S/C19H19Cl2N3O3/c20-15-7-4-8-16(18(15)21)27-13-17(25)23-9-11-24(12-10-23)19(26)22-14-5-2-1-3-6-14/h1-8H,9-13H2,(H,22,26). The largest absolute Gasteiger partial charge is 0.482 e. The topological polar surface area (TPSA) is 61.9 Å². The van der Waals surface area contributed by atoms with E-state index in [1.165, 1.54) is 0 Å². The van der Waals surface area contributed by atoms with Crippen molar-refractivity contribution in [1.82, 2.24) is 9.80 Å². The molecule has 142 valence electrons. The SMILES string of the molecule is O=C(COc1cccc(Cl)c1Cl)N1CCN(C(=O)Nc2ccccc2)CC1. The van der Waals surface area contributed by atoms with Gasteiger partial charge < -0.3 is 19.9 Å². The normalized spacial score (nSPS) is 14.0. The minimum atomic E-state index is -0.171. The fourth-order valence-electron chi connectivity index (χ4n) is 2.71. The molecule has 27 heavy (non-hydrogen) atoms. The van der Waals surface area contributed by atoms with Crippen LogP contribution in [0, 0.1) is 0 Å². The number of carbonyl (C=O) groups is 2. The maximum Gasteiger partial charge on any atom is 0.321 e. The summed E-state index contributed by atoms with van der Waals surface area (Å²) in [7, 11) is 0. The first-order valence-electron chi connectivity index (χ1n) is 8.50. The van der Waals surface area contributed by atoms with Crippen LogP contribution in [0.25, 0.3) is 0 Å². The molecule has 1 saturated heterocycles. The summed E-state index contributed by atoms with van der Waals surface area (Å²) in [6.45, 7) is 1.70. The third-order valence-corrected chi connectivity index (χ3v) is 5.01. The number of piperazine rings is 1. The molecule has 0 spiro atoms. The van der Waals surface area contributed by atoms with Crippen molar-refractivity contribution in [3.05, 3.63) is 58.6 Å². The molecule has 6 nitrogen and oxygen atoms in total. The van der Waals surface area contributed by atoms with Gasteiger partial charge in [-0.05, 0) is 24.3 Å². The molecule has 8 heteroatoms. The quantitative estimate of drug-likeness (QED) is 0.839. The number of amides is 3. The molecule has 0 unspecified atom stereocenters. The van der Waals surface area contributed by atoms with Gasteiger partial charge in [-0.3, -0.25) is 4.79 Å². The fraction of sp³-hybridized carbons (Fsp3) is 0.263. The Kier molecular flexibility index (Phi) is 6.42. The third kappa shape index (κ3) is 5.05. The van der Waals surface area contributed by atoms with E-state index in [4.69, 9.17) is 27.9 Å². The number of carbonyl (C=O) groups excluding carboxylic acids is 2. The summed E-state index contributed by atoms with van der Waals surface area (Å²) in [4.78, 5) is 28.0. The molecule has 0 saturated carbocycles. The van der Waals surface area contributed by atoms with Gasteiger partial charge in [0.25, 0.3) is 5.91 Å². The molecule has 0 atom stereocenters. The van der Waals surface area contributed by atoms with Crippen LogP contribution in [0.3, 0.4) is 0 Å². The van der Waals surface area contributed by atoms with Crippen molar-refractivity contribution in [1.29, 1.82) is 0 Å². The number of benzene rings is 2. The lowest BCUT2D eigenvalue weighted by Gasteiger charge is -2.34. The third-order valence-electron chi connectivity index (χ3n) is 4.21. The second-order valence-electron chi connectivity index (χ2n) is 6.00. The van der Waals surface area contributed by atoms with Crippen molar-refractivity contribution >= 4 is 40.8 Å². The van der Waals surface area contributed by atoms with Crippen LogP contribution in [0.4, 0.5) is 10.5 Å². The molecule has 2 aromatic carbocycles. The number of hydrogen-bond acceptors (Lipinski definition) is 3. The van der Waals surface area contributed by atoms with Crippen molar-refractivity contribution in [2.75, 3.05) is 38.1 Å². The monoisotopic (exact) mass is 407 g/mol. The lowest BCUT2D eigenvalue weighted by atomic mass is 10.3. The number of anilines is 1. The zero-order valence-electron chi connectivity index (χ0n) is 14.5. The van der Waals surface area contributed by atoms with Crippen LogP contribution in [0.5, 0.6) is 5.75 Å². The molecule has 1 aliphatic heterocycles. The second-order valence-corrected chi connectivity index (χ2v) is 6.79. The lowest BCUT2D eigenvalue weighted by molar-refractivity contribution is -0.134. The van der Waals surface area contributed by atoms with Gasteiger partial charge in [-0.15, -0.1) is 0 Å². The summed E-state index contributed by atoms with van der Waals surface area (Å²) in [6.07, 6.45) is 0. The van der Waals surface area contributed by atoms with Gasteiger partial charge in [0.05, 0.1) is 5.02 Å². The summed E-state index contributed by atoms with van der Waals surface area (Å²) in [5, 5.41) is 3.51. The van der Waals surface area contributed by atoms with E-state index in [1.54, 1.807) is 28.0 Å². The minimum absolute atomic E-state index is 0.129. The molecule has 0 aliphatic carbocycles. The number of para-hydroxylation sites is 1. The van der Waals surface area contributed by atoms with Gasteiger partial charge in [-0.1, -0.05) is 47.5 Å². The fourth-order valence-corrected chi connectivity index (χ4v) is 3.06. The second kappa shape index (κ2) is 8.97. The molecular formula is C19H19Cl2N3O3. The van der Waals surface area contributed by atoms with E-state index in [0.29, 0.717) is 37.0 Å². The summed E-state index contributed by atoms with van der Waals surface area (Å²) in [5.41, 5.74) is 0.743. The van der Waals surface area contributed by atoms with E-state index >= 15 is 0 Å². The van der Waals surface area contributed by atoms with Crippen LogP contribution in [0.1, 0.15) is 0 Å². The van der Waals surface area contributed by atoms with E-state index in [0.717, 1.165) is 5.69 Å². The highest BCUT2D eigenvalue weighted by Gasteiger charge is 2.24. The summed E-state index contributed by atoms with van der Waals surface area (Å²) < 4.78 is 5.49. The first-order chi connectivity index (χ1) is 13.0. The molecule has 2 aromatic rings.